The average Bonchev–Trinajstić information content (AvgIpc) is 2.68. The van der Waals surface area contributed by atoms with Crippen LogP contribution >= 0.6 is 10.7 Å². The first-order valence-corrected chi connectivity index (χ1v) is 8.39. The Morgan fingerprint density at radius 2 is 2.25 bits per heavy atom. The van der Waals surface area contributed by atoms with Gasteiger partial charge in [0.2, 0.25) is 4.90 Å². The van der Waals surface area contributed by atoms with E-state index in [0.29, 0.717) is 6.61 Å². The van der Waals surface area contributed by atoms with Gasteiger partial charge in [-0.1, -0.05) is 0 Å². The maximum absolute atomic E-state index is 11.5. The summed E-state index contributed by atoms with van der Waals surface area (Å²) in [5, 5.41) is 14.6. The molecule has 0 saturated carbocycles. The van der Waals surface area contributed by atoms with Crippen LogP contribution in [-0.4, -0.2) is 35.8 Å². The summed E-state index contributed by atoms with van der Waals surface area (Å²) in [4.78, 5) is 9.51. The van der Waals surface area contributed by atoms with Crippen LogP contribution in [0.5, 0.6) is 0 Å². The number of hydrogen-bond acceptors (Lipinski definition) is 6. The molecule has 0 bridgehead atoms. The first-order valence-electron chi connectivity index (χ1n) is 6.08. The predicted molar refractivity (Wildman–Crippen MR) is 70.2 cm³/mol. The first-order chi connectivity index (χ1) is 9.30. The summed E-state index contributed by atoms with van der Waals surface area (Å²) in [6, 6.07) is 0. The summed E-state index contributed by atoms with van der Waals surface area (Å²) >= 11 is 0. The van der Waals surface area contributed by atoms with E-state index in [1.54, 1.807) is 0 Å². The van der Waals surface area contributed by atoms with Crippen molar-refractivity contribution in [2.24, 2.45) is 0 Å². The number of nitrogens with zero attached hydrogens (tertiary/aromatic N) is 3. The molecular weight excluding hydrogens is 310 g/mol. The number of nitro groups is 1. The lowest BCUT2D eigenvalue weighted by Gasteiger charge is -2.21. The number of rotatable bonds is 4. The van der Waals surface area contributed by atoms with Gasteiger partial charge >= 0.3 is 5.82 Å². The number of ether oxygens (including phenoxy) is 1. The van der Waals surface area contributed by atoms with E-state index in [2.05, 4.69) is 5.10 Å². The third kappa shape index (κ3) is 3.10. The second-order valence-corrected chi connectivity index (χ2v) is 7.11. The lowest BCUT2D eigenvalue weighted by Crippen LogP contribution is -2.25. The van der Waals surface area contributed by atoms with Gasteiger partial charge in [0.15, 0.2) is 0 Å². The van der Waals surface area contributed by atoms with E-state index in [0.717, 1.165) is 19.3 Å². The van der Waals surface area contributed by atoms with Crippen LogP contribution in [0.2, 0.25) is 0 Å². The Kier molecular flexibility index (Phi) is 4.31. The Morgan fingerprint density at radius 3 is 2.70 bits per heavy atom. The molecule has 1 aromatic rings. The fourth-order valence-electron chi connectivity index (χ4n) is 2.24. The summed E-state index contributed by atoms with van der Waals surface area (Å²) < 4.78 is 29.7. The topological polar surface area (TPSA) is 104 Å². The summed E-state index contributed by atoms with van der Waals surface area (Å²) in [5.41, 5.74) is 0.154. The van der Waals surface area contributed by atoms with Crippen molar-refractivity contribution in [1.29, 1.82) is 0 Å². The second kappa shape index (κ2) is 5.66. The quantitative estimate of drug-likeness (QED) is 0.473. The van der Waals surface area contributed by atoms with Gasteiger partial charge in [-0.15, -0.1) is 0 Å². The molecule has 1 fully saturated rings. The predicted octanol–water partition coefficient (Wildman–Crippen LogP) is 1.60. The molecule has 0 aromatic carbocycles. The van der Waals surface area contributed by atoms with Crippen molar-refractivity contribution in [2.45, 2.75) is 43.7 Å². The number of aromatic nitrogens is 2. The number of hydrogen-bond donors (Lipinski definition) is 0. The van der Waals surface area contributed by atoms with Crippen molar-refractivity contribution in [3.05, 3.63) is 15.8 Å². The minimum absolute atomic E-state index is 0.118. The van der Waals surface area contributed by atoms with Crippen LogP contribution in [0.1, 0.15) is 25.0 Å². The molecule has 112 valence electrons. The van der Waals surface area contributed by atoms with Gasteiger partial charge in [0, 0.05) is 17.3 Å². The minimum atomic E-state index is -4.22. The van der Waals surface area contributed by atoms with Gasteiger partial charge < -0.3 is 14.9 Å². The standard InChI is InChI=1S/C10H14ClN3O5S/c1-7-9(20(11,17)18)10(14(15)16)12-13(7)6-8-4-2-3-5-19-8/h8H,2-6H2,1H3. The van der Waals surface area contributed by atoms with Gasteiger partial charge in [-0.25, -0.2) is 8.42 Å². The fraction of sp³-hybridized carbons (Fsp3) is 0.700. The smallest absolute Gasteiger partial charge is 0.376 e. The summed E-state index contributed by atoms with van der Waals surface area (Å²) in [6.45, 7) is 2.35. The fourth-order valence-corrected chi connectivity index (χ4v) is 3.57. The van der Waals surface area contributed by atoms with Crippen molar-refractivity contribution >= 4 is 25.6 Å². The Bertz CT molecular complexity index is 621. The van der Waals surface area contributed by atoms with E-state index in [4.69, 9.17) is 15.4 Å². The molecule has 2 heterocycles. The summed E-state index contributed by atoms with van der Waals surface area (Å²) in [5.74, 6) is -0.742. The van der Waals surface area contributed by atoms with E-state index >= 15 is 0 Å². The largest absolute Gasteiger partial charge is 0.410 e. The summed E-state index contributed by atoms with van der Waals surface area (Å²) in [7, 11) is 1.03. The van der Waals surface area contributed by atoms with Crippen LogP contribution in [0.25, 0.3) is 0 Å². The minimum Gasteiger partial charge on any atom is -0.376 e. The molecule has 0 spiro atoms. The molecular formula is C10H14ClN3O5S. The van der Waals surface area contributed by atoms with Gasteiger partial charge in [-0.2, -0.15) is 4.68 Å². The van der Waals surface area contributed by atoms with E-state index in [-0.39, 0.29) is 18.3 Å². The molecule has 1 aliphatic rings. The zero-order valence-electron chi connectivity index (χ0n) is 10.8. The molecule has 1 saturated heterocycles. The molecule has 8 nitrogen and oxygen atoms in total. The molecule has 1 aliphatic heterocycles. The Labute approximate surface area is 120 Å². The highest BCUT2D eigenvalue weighted by atomic mass is 35.7. The SMILES string of the molecule is Cc1c(S(=O)(=O)Cl)c([N+](=O)[O-])nn1CC1CCCCO1. The highest BCUT2D eigenvalue weighted by molar-refractivity contribution is 8.13. The maximum Gasteiger partial charge on any atom is 0.410 e. The Balaban J connectivity index is 2.37. The van der Waals surface area contributed by atoms with Crippen molar-refractivity contribution in [3.8, 4) is 0 Å². The average molecular weight is 324 g/mol. The van der Waals surface area contributed by atoms with E-state index in [1.165, 1.54) is 11.6 Å². The van der Waals surface area contributed by atoms with Gasteiger partial charge in [0.25, 0.3) is 9.05 Å². The third-order valence-electron chi connectivity index (χ3n) is 3.20. The highest BCUT2D eigenvalue weighted by Crippen LogP contribution is 2.29. The second-order valence-electron chi connectivity index (χ2n) is 4.60. The Hall–Kier alpha value is -1.19. The van der Waals surface area contributed by atoms with Gasteiger partial charge in [-0.05, 0) is 31.1 Å². The maximum atomic E-state index is 11.5. The molecule has 10 heteroatoms. The van der Waals surface area contributed by atoms with E-state index < -0.39 is 24.7 Å². The van der Waals surface area contributed by atoms with Crippen LogP contribution in [-0.2, 0) is 20.3 Å². The first kappa shape index (κ1) is 15.2. The molecule has 0 amide bonds. The zero-order chi connectivity index (χ0) is 14.9. The summed E-state index contributed by atoms with van der Waals surface area (Å²) in [6.07, 6.45) is 2.69. The monoisotopic (exact) mass is 323 g/mol. The molecule has 20 heavy (non-hydrogen) atoms. The lowest BCUT2D eigenvalue weighted by molar-refractivity contribution is -0.392. The molecule has 1 aromatic heterocycles. The molecule has 0 N–H and O–H groups in total. The van der Waals surface area contributed by atoms with E-state index in [9.17, 15) is 18.5 Å². The molecule has 0 aliphatic carbocycles. The normalized spacial score (nSPS) is 20.0. The van der Waals surface area contributed by atoms with Crippen LogP contribution in [0.15, 0.2) is 4.90 Å². The lowest BCUT2D eigenvalue weighted by atomic mass is 10.1. The highest BCUT2D eigenvalue weighted by Gasteiger charge is 2.34. The molecule has 1 atom stereocenters. The van der Waals surface area contributed by atoms with Gasteiger partial charge in [0.1, 0.15) is 0 Å². The van der Waals surface area contributed by atoms with Crippen molar-refractivity contribution in [1.82, 2.24) is 9.78 Å². The van der Waals surface area contributed by atoms with Gasteiger partial charge in [0.05, 0.1) is 23.4 Å². The van der Waals surface area contributed by atoms with Crippen LogP contribution in [0.3, 0.4) is 0 Å². The van der Waals surface area contributed by atoms with Crippen molar-refractivity contribution < 1.29 is 18.1 Å². The van der Waals surface area contributed by atoms with Crippen LogP contribution in [0, 0.1) is 17.0 Å². The molecule has 1 unspecified atom stereocenters. The molecule has 2 rings (SSSR count). The molecule has 0 radical (unpaired) electrons. The third-order valence-corrected chi connectivity index (χ3v) is 4.63. The zero-order valence-corrected chi connectivity index (χ0v) is 12.4. The van der Waals surface area contributed by atoms with Crippen molar-refractivity contribution in [2.75, 3.05) is 6.61 Å². The Morgan fingerprint density at radius 1 is 1.55 bits per heavy atom. The number of halogens is 1. The van der Waals surface area contributed by atoms with Crippen LogP contribution in [0.4, 0.5) is 5.82 Å². The van der Waals surface area contributed by atoms with Crippen LogP contribution < -0.4 is 0 Å². The van der Waals surface area contributed by atoms with Gasteiger partial charge in [-0.3, -0.25) is 0 Å². The van der Waals surface area contributed by atoms with Crippen molar-refractivity contribution in [3.63, 3.8) is 0 Å². The van der Waals surface area contributed by atoms with E-state index in [1.807, 2.05) is 0 Å².